The van der Waals surface area contributed by atoms with Crippen molar-refractivity contribution in [2.45, 2.75) is 26.9 Å². The lowest BCUT2D eigenvalue weighted by atomic mass is 10.1. The number of nitrogen functional groups attached to an aromatic ring is 1. The van der Waals surface area contributed by atoms with Crippen LogP contribution < -0.4 is 11.1 Å². The van der Waals surface area contributed by atoms with Gasteiger partial charge in [0.1, 0.15) is 11.3 Å². The van der Waals surface area contributed by atoms with Crippen molar-refractivity contribution in [1.82, 2.24) is 15.0 Å². The minimum Gasteiger partial charge on any atom is -0.469 e. The smallest absolute Gasteiger partial charge is 0.342 e. The molecule has 0 amide bonds. The molecule has 3 N–H and O–H groups in total. The van der Waals surface area contributed by atoms with E-state index in [2.05, 4.69) is 27.2 Å². The van der Waals surface area contributed by atoms with E-state index in [9.17, 15) is 4.79 Å². The number of nitrogens with two attached hydrogens (primary N) is 1. The molecule has 2 aromatic heterocycles. The summed E-state index contributed by atoms with van der Waals surface area (Å²) in [6.45, 7) is 3.62. The van der Waals surface area contributed by atoms with Crippen LogP contribution in [0.25, 0.3) is 0 Å². The second kappa shape index (κ2) is 7.64. The quantitative estimate of drug-likeness (QED) is 0.650. The van der Waals surface area contributed by atoms with Crippen LogP contribution in [0.4, 0.5) is 17.6 Å². The largest absolute Gasteiger partial charge is 0.469 e. The maximum Gasteiger partial charge on any atom is 0.342 e. The van der Waals surface area contributed by atoms with Crippen molar-refractivity contribution in [2.75, 3.05) is 11.1 Å². The predicted molar refractivity (Wildman–Crippen MR) is 95.9 cm³/mol. The summed E-state index contributed by atoms with van der Waals surface area (Å²) in [6, 6.07) is 9.38. The Morgan fingerprint density at radius 1 is 1.23 bits per heavy atom. The molecule has 26 heavy (non-hydrogen) atoms. The highest BCUT2D eigenvalue weighted by molar-refractivity contribution is 5.90. The number of aryl methyl sites for hydroxylation is 2. The number of anilines is 3. The summed E-state index contributed by atoms with van der Waals surface area (Å²) in [4.78, 5) is 24.4. The summed E-state index contributed by atoms with van der Waals surface area (Å²) in [5, 5.41) is 3.13. The molecule has 134 valence electrons. The predicted octanol–water partition coefficient (Wildman–Crippen LogP) is 3.02. The first-order chi connectivity index (χ1) is 12.6. The van der Waals surface area contributed by atoms with Crippen LogP contribution in [0.15, 0.2) is 41.0 Å². The summed E-state index contributed by atoms with van der Waals surface area (Å²) >= 11 is 0. The van der Waals surface area contributed by atoms with E-state index in [-0.39, 0.29) is 18.4 Å². The topological polar surface area (TPSA) is 116 Å². The van der Waals surface area contributed by atoms with Gasteiger partial charge >= 0.3 is 5.97 Å². The van der Waals surface area contributed by atoms with Crippen LogP contribution in [0.1, 0.15) is 34.4 Å². The number of para-hydroxylation sites is 1. The van der Waals surface area contributed by atoms with Crippen LogP contribution in [0.5, 0.6) is 0 Å². The van der Waals surface area contributed by atoms with Crippen LogP contribution in [0.2, 0.25) is 0 Å². The minimum absolute atomic E-state index is 0.0435. The lowest BCUT2D eigenvalue weighted by Crippen LogP contribution is -2.11. The number of furan rings is 1. The molecular formula is C18H19N5O3. The second-order valence-electron chi connectivity index (χ2n) is 5.54. The fraction of sp³-hybridized carbons (Fsp3) is 0.222. The summed E-state index contributed by atoms with van der Waals surface area (Å²) in [5.74, 6) is 0.569. The van der Waals surface area contributed by atoms with E-state index in [4.69, 9.17) is 14.9 Å². The molecule has 0 bridgehead atoms. The van der Waals surface area contributed by atoms with E-state index < -0.39 is 5.97 Å². The molecule has 0 radical (unpaired) electrons. The van der Waals surface area contributed by atoms with Gasteiger partial charge in [0.05, 0.1) is 6.26 Å². The third-order valence-corrected chi connectivity index (χ3v) is 3.75. The molecule has 0 aliphatic rings. The number of aromatic nitrogens is 3. The van der Waals surface area contributed by atoms with Crippen molar-refractivity contribution in [2.24, 2.45) is 0 Å². The number of esters is 1. The molecule has 3 rings (SSSR count). The van der Waals surface area contributed by atoms with Gasteiger partial charge in [-0.3, -0.25) is 0 Å². The highest BCUT2D eigenvalue weighted by Crippen LogP contribution is 2.19. The van der Waals surface area contributed by atoms with Crippen LogP contribution >= 0.6 is 0 Å². The molecule has 3 aromatic rings. The number of hydrogen-bond donors (Lipinski definition) is 2. The number of nitrogens with zero attached hydrogens (tertiary/aromatic N) is 3. The van der Waals surface area contributed by atoms with Gasteiger partial charge in [0.25, 0.3) is 0 Å². The molecule has 0 fully saturated rings. The molecular weight excluding hydrogens is 334 g/mol. The number of hydrogen-bond acceptors (Lipinski definition) is 8. The van der Waals surface area contributed by atoms with Crippen molar-refractivity contribution in [3.63, 3.8) is 0 Å². The molecule has 8 heteroatoms. The summed E-state index contributed by atoms with van der Waals surface area (Å²) in [7, 11) is 0. The van der Waals surface area contributed by atoms with E-state index in [0.29, 0.717) is 17.3 Å². The van der Waals surface area contributed by atoms with E-state index in [1.165, 1.54) is 6.26 Å². The van der Waals surface area contributed by atoms with Crippen molar-refractivity contribution in [3.05, 3.63) is 59.3 Å². The number of nitrogens with one attached hydrogen (secondary N) is 1. The molecule has 0 atom stereocenters. The second-order valence-corrected chi connectivity index (χ2v) is 5.54. The van der Waals surface area contributed by atoms with Crippen LogP contribution in [0.3, 0.4) is 0 Å². The monoisotopic (exact) mass is 353 g/mol. The Labute approximate surface area is 150 Å². The Morgan fingerprint density at radius 2 is 2.04 bits per heavy atom. The fourth-order valence-corrected chi connectivity index (χ4v) is 2.43. The van der Waals surface area contributed by atoms with Gasteiger partial charge in [-0.2, -0.15) is 15.0 Å². The normalized spacial score (nSPS) is 10.5. The average Bonchev–Trinajstić information content (AvgIpc) is 3.06. The molecule has 8 nitrogen and oxygen atoms in total. The third-order valence-electron chi connectivity index (χ3n) is 3.75. The van der Waals surface area contributed by atoms with Gasteiger partial charge in [0.15, 0.2) is 12.4 Å². The number of ether oxygens (including phenoxy) is 1. The van der Waals surface area contributed by atoms with Crippen LogP contribution in [-0.4, -0.2) is 20.9 Å². The van der Waals surface area contributed by atoms with Gasteiger partial charge in [-0.25, -0.2) is 4.79 Å². The highest BCUT2D eigenvalue weighted by atomic mass is 16.5. The van der Waals surface area contributed by atoms with Gasteiger partial charge in [0, 0.05) is 5.69 Å². The van der Waals surface area contributed by atoms with Crippen LogP contribution in [0, 0.1) is 6.92 Å². The number of rotatable bonds is 6. The molecule has 1 aromatic carbocycles. The standard InChI is InChI=1S/C18H19N5O3/c1-3-12-6-4-5-7-14(12)20-18-22-15(21-17(19)23-18)10-26-16(24)13-8-9-25-11(13)2/h4-9H,3,10H2,1-2H3,(H3,19,20,21,22,23). The van der Waals surface area contributed by atoms with Gasteiger partial charge in [0.2, 0.25) is 11.9 Å². The Bertz CT molecular complexity index is 923. The van der Waals surface area contributed by atoms with E-state index in [1.54, 1.807) is 13.0 Å². The first kappa shape index (κ1) is 17.4. The molecule has 0 saturated heterocycles. The number of benzene rings is 1. The van der Waals surface area contributed by atoms with Crippen molar-refractivity contribution < 1.29 is 13.9 Å². The summed E-state index contributed by atoms with van der Waals surface area (Å²) < 4.78 is 10.3. The number of carbonyl (C=O) groups is 1. The summed E-state index contributed by atoms with van der Waals surface area (Å²) in [6.07, 6.45) is 2.29. The first-order valence-electron chi connectivity index (χ1n) is 8.13. The zero-order valence-corrected chi connectivity index (χ0v) is 14.5. The molecule has 0 aliphatic heterocycles. The molecule has 0 spiro atoms. The Morgan fingerprint density at radius 3 is 2.77 bits per heavy atom. The highest BCUT2D eigenvalue weighted by Gasteiger charge is 2.14. The van der Waals surface area contributed by atoms with Crippen molar-refractivity contribution >= 4 is 23.6 Å². The van der Waals surface area contributed by atoms with Gasteiger partial charge in [-0.05, 0) is 31.0 Å². The van der Waals surface area contributed by atoms with E-state index in [0.717, 1.165) is 17.7 Å². The molecule has 2 heterocycles. The maximum absolute atomic E-state index is 12.0. The zero-order valence-electron chi connectivity index (χ0n) is 14.5. The Kier molecular flexibility index (Phi) is 5.12. The maximum atomic E-state index is 12.0. The fourth-order valence-electron chi connectivity index (χ4n) is 2.43. The lowest BCUT2D eigenvalue weighted by Gasteiger charge is -2.10. The average molecular weight is 353 g/mol. The van der Waals surface area contributed by atoms with Crippen LogP contribution in [-0.2, 0) is 17.8 Å². The van der Waals surface area contributed by atoms with Gasteiger partial charge in [-0.15, -0.1) is 0 Å². The minimum atomic E-state index is -0.513. The van der Waals surface area contributed by atoms with Gasteiger partial charge < -0.3 is 20.2 Å². The molecule has 0 saturated carbocycles. The molecule has 0 unspecified atom stereocenters. The SMILES string of the molecule is CCc1ccccc1Nc1nc(N)nc(COC(=O)c2ccoc2C)n1. The molecule has 0 aliphatic carbocycles. The number of carbonyl (C=O) groups excluding carboxylic acids is 1. The zero-order chi connectivity index (χ0) is 18.5. The summed E-state index contributed by atoms with van der Waals surface area (Å²) in [5.41, 5.74) is 8.12. The van der Waals surface area contributed by atoms with Gasteiger partial charge in [-0.1, -0.05) is 25.1 Å². The van der Waals surface area contributed by atoms with Crippen molar-refractivity contribution in [3.8, 4) is 0 Å². The van der Waals surface area contributed by atoms with E-state index in [1.807, 2.05) is 24.3 Å². The Hall–Kier alpha value is -3.42. The lowest BCUT2D eigenvalue weighted by molar-refractivity contribution is 0.0460. The van der Waals surface area contributed by atoms with E-state index >= 15 is 0 Å². The third kappa shape index (κ3) is 3.97. The first-order valence-corrected chi connectivity index (χ1v) is 8.13. The Balaban J connectivity index is 1.73. The van der Waals surface area contributed by atoms with Crippen molar-refractivity contribution in [1.29, 1.82) is 0 Å².